The Bertz CT molecular complexity index is 794. The van der Waals surface area contributed by atoms with Crippen molar-refractivity contribution in [2.24, 2.45) is 5.92 Å². The lowest BCUT2D eigenvalue weighted by Gasteiger charge is -2.33. The molecule has 0 unspecified atom stereocenters. The molecule has 2 amide bonds. The number of piperidine rings is 1. The number of anilines is 2. The van der Waals surface area contributed by atoms with E-state index in [0.717, 1.165) is 37.2 Å². The molecule has 1 aliphatic heterocycles. The van der Waals surface area contributed by atoms with Gasteiger partial charge in [-0.15, -0.1) is 0 Å². The molecule has 6 nitrogen and oxygen atoms in total. The van der Waals surface area contributed by atoms with Gasteiger partial charge in [-0.1, -0.05) is 24.3 Å². The molecule has 1 heterocycles. The molecule has 1 saturated heterocycles. The number of urea groups is 1. The van der Waals surface area contributed by atoms with Crippen molar-refractivity contribution < 1.29 is 23.4 Å². The predicted octanol–water partition coefficient (Wildman–Crippen LogP) is 3.82. The quantitative estimate of drug-likeness (QED) is 0.655. The number of carbonyl (C=O) groups is 1. The highest BCUT2D eigenvalue weighted by atomic mass is 19.3. The molecule has 3 N–H and O–H groups in total. The van der Waals surface area contributed by atoms with E-state index in [0.29, 0.717) is 12.5 Å². The minimum absolute atomic E-state index is 0.0908. The van der Waals surface area contributed by atoms with E-state index in [1.165, 1.54) is 12.1 Å². The molecule has 8 heteroatoms. The number of nitrogens with zero attached hydrogens (tertiary/aromatic N) is 1. The Balaban J connectivity index is 1.50. The average molecular weight is 405 g/mol. The number of aliphatic hydroxyl groups excluding tert-OH is 1. The van der Waals surface area contributed by atoms with E-state index < -0.39 is 12.6 Å². The number of amides is 2. The van der Waals surface area contributed by atoms with Gasteiger partial charge in [0.2, 0.25) is 0 Å². The van der Waals surface area contributed by atoms with E-state index in [9.17, 15) is 18.7 Å². The maximum Gasteiger partial charge on any atom is 0.387 e. The number of aliphatic hydroxyl groups is 1. The van der Waals surface area contributed by atoms with Crippen LogP contribution in [0.3, 0.4) is 0 Å². The van der Waals surface area contributed by atoms with E-state index in [1.54, 1.807) is 12.1 Å². The summed E-state index contributed by atoms with van der Waals surface area (Å²) in [7, 11) is 0. The fraction of sp³-hybridized carbons (Fsp3) is 0.381. The van der Waals surface area contributed by atoms with Gasteiger partial charge in [0.15, 0.2) is 0 Å². The molecule has 29 heavy (non-hydrogen) atoms. The summed E-state index contributed by atoms with van der Waals surface area (Å²) in [5.41, 5.74) is 2.21. The lowest BCUT2D eigenvalue weighted by atomic mass is 9.97. The molecule has 0 radical (unpaired) electrons. The molecule has 3 rings (SSSR count). The monoisotopic (exact) mass is 405 g/mol. The Morgan fingerprint density at radius 1 is 1.14 bits per heavy atom. The van der Waals surface area contributed by atoms with Gasteiger partial charge in [0.05, 0.1) is 5.69 Å². The third kappa shape index (κ3) is 6.05. The van der Waals surface area contributed by atoms with Gasteiger partial charge in [0, 0.05) is 31.9 Å². The second-order valence-corrected chi connectivity index (χ2v) is 6.96. The second-order valence-electron chi connectivity index (χ2n) is 6.96. The van der Waals surface area contributed by atoms with Gasteiger partial charge in [-0.3, -0.25) is 0 Å². The number of rotatable bonds is 7. The van der Waals surface area contributed by atoms with E-state index in [4.69, 9.17) is 0 Å². The summed E-state index contributed by atoms with van der Waals surface area (Å²) in [6, 6.07) is 13.4. The lowest BCUT2D eigenvalue weighted by molar-refractivity contribution is -0.0493. The zero-order chi connectivity index (χ0) is 20.6. The van der Waals surface area contributed by atoms with Crippen LogP contribution in [-0.4, -0.2) is 37.4 Å². The SMILES string of the molecule is O=C(NCc1ccc(N2CCC(CO)CC2)cc1)Nc1ccccc1OC(F)F. The van der Waals surface area contributed by atoms with Crippen molar-refractivity contribution in [3.05, 3.63) is 54.1 Å². The van der Waals surface area contributed by atoms with Crippen molar-refractivity contribution in [1.82, 2.24) is 5.32 Å². The van der Waals surface area contributed by atoms with Crippen molar-refractivity contribution in [3.63, 3.8) is 0 Å². The highest BCUT2D eigenvalue weighted by Crippen LogP contribution is 2.25. The number of alkyl halides is 2. The molecule has 156 valence electrons. The van der Waals surface area contributed by atoms with Crippen LogP contribution in [0.25, 0.3) is 0 Å². The highest BCUT2D eigenvalue weighted by molar-refractivity contribution is 5.90. The summed E-state index contributed by atoms with van der Waals surface area (Å²) < 4.78 is 29.3. The van der Waals surface area contributed by atoms with Crippen LogP contribution in [0, 0.1) is 5.92 Å². The minimum Gasteiger partial charge on any atom is -0.433 e. The molecule has 1 aliphatic rings. The number of hydrogen-bond donors (Lipinski definition) is 3. The number of halogens is 2. The summed E-state index contributed by atoms with van der Waals surface area (Å²) in [6.45, 7) is -0.569. The van der Waals surface area contributed by atoms with Crippen LogP contribution in [0.1, 0.15) is 18.4 Å². The molecule has 0 aromatic heterocycles. The Kier molecular flexibility index (Phi) is 7.24. The molecule has 2 aromatic carbocycles. The standard InChI is InChI=1S/C21H25F2N3O3/c22-20(23)29-19-4-2-1-3-18(19)25-21(28)24-13-15-5-7-17(8-6-15)26-11-9-16(14-27)10-12-26/h1-8,16,20,27H,9-14H2,(H2,24,25,28). The zero-order valence-corrected chi connectivity index (χ0v) is 16.0. The third-order valence-corrected chi connectivity index (χ3v) is 4.98. The molecular formula is C21H25F2N3O3. The van der Waals surface area contributed by atoms with Gasteiger partial charge in [-0.05, 0) is 48.6 Å². The minimum atomic E-state index is -2.96. The topological polar surface area (TPSA) is 73.8 Å². The first kappa shape index (κ1) is 20.9. The molecule has 0 bridgehead atoms. The summed E-state index contributed by atoms with van der Waals surface area (Å²) in [5.74, 6) is 0.302. The van der Waals surface area contributed by atoms with Crippen molar-refractivity contribution >= 4 is 17.4 Å². The normalized spacial score (nSPS) is 14.7. The number of carbonyl (C=O) groups excluding carboxylic acids is 1. The molecule has 0 aliphatic carbocycles. The van der Waals surface area contributed by atoms with Crippen molar-refractivity contribution in [3.8, 4) is 5.75 Å². The summed E-state index contributed by atoms with van der Waals surface area (Å²) in [6.07, 6.45) is 1.97. The fourth-order valence-corrected chi connectivity index (χ4v) is 3.32. The average Bonchev–Trinajstić information content (AvgIpc) is 2.74. The largest absolute Gasteiger partial charge is 0.433 e. The van der Waals surface area contributed by atoms with E-state index in [2.05, 4.69) is 20.3 Å². The molecule has 0 atom stereocenters. The Morgan fingerprint density at radius 2 is 1.83 bits per heavy atom. The molecule has 0 saturated carbocycles. The number of ether oxygens (including phenoxy) is 1. The second kappa shape index (κ2) is 10.1. The van der Waals surface area contributed by atoms with E-state index >= 15 is 0 Å². The number of para-hydroxylation sites is 2. The molecular weight excluding hydrogens is 380 g/mol. The van der Waals surface area contributed by atoms with Gasteiger partial charge in [-0.2, -0.15) is 8.78 Å². The van der Waals surface area contributed by atoms with Gasteiger partial charge in [0.25, 0.3) is 0 Å². The lowest BCUT2D eigenvalue weighted by Crippen LogP contribution is -2.34. The van der Waals surface area contributed by atoms with Crippen LogP contribution in [0.2, 0.25) is 0 Å². The van der Waals surface area contributed by atoms with Crippen LogP contribution >= 0.6 is 0 Å². The summed E-state index contributed by atoms with van der Waals surface area (Å²) in [4.78, 5) is 14.4. The van der Waals surface area contributed by atoms with E-state index in [1.807, 2.05) is 24.3 Å². The first-order valence-corrected chi connectivity index (χ1v) is 9.58. The number of benzene rings is 2. The first-order valence-electron chi connectivity index (χ1n) is 9.58. The third-order valence-electron chi connectivity index (χ3n) is 4.98. The Labute approximate surface area is 168 Å². The van der Waals surface area contributed by atoms with Crippen LogP contribution in [0.5, 0.6) is 5.75 Å². The first-order chi connectivity index (χ1) is 14.0. The zero-order valence-electron chi connectivity index (χ0n) is 16.0. The summed E-state index contributed by atoms with van der Waals surface area (Å²) >= 11 is 0. The fourth-order valence-electron chi connectivity index (χ4n) is 3.32. The predicted molar refractivity (Wildman–Crippen MR) is 107 cm³/mol. The van der Waals surface area contributed by atoms with Crippen LogP contribution in [-0.2, 0) is 6.54 Å². The van der Waals surface area contributed by atoms with Crippen molar-refractivity contribution in [2.45, 2.75) is 26.0 Å². The maximum atomic E-state index is 12.4. The van der Waals surface area contributed by atoms with Gasteiger partial charge < -0.3 is 25.4 Å². The van der Waals surface area contributed by atoms with Crippen LogP contribution in [0.15, 0.2) is 48.5 Å². The molecule has 2 aromatic rings. The Hall–Kier alpha value is -2.87. The van der Waals surface area contributed by atoms with Gasteiger partial charge in [-0.25, -0.2) is 4.79 Å². The maximum absolute atomic E-state index is 12.4. The van der Waals surface area contributed by atoms with E-state index in [-0.39, 0.29) is 18.0 Å². The van der Waals surface area contributed by atoms with Gasteiger partial charge >= 0.3 is 12.6 Å². The van der Waals surface area contributed by atoms with Gasteiger partial charge in [0.1, 0.15) is 5.75 Å². The molecule has 1 fully saturated rings. The van der Waals surface area contributed by atoms with Crippen LogP contribution < -0.4 is 20.3 Å². The smallest absolute Gasteiger partial charge is 0.387 e. The Morgan fingerprint density at radius 3 is 2.48 bits per heavy atom. The number of nitrogens with one attached hydrogen (secondary N) is 2. The highest BCUT2D eigenvalue weighted by Gasteiger charge is 2.18. The number of hydrogen-bond acceptors (Lipinski definition) is 4. The summed E-state index contributed by atoms with van der Waals surface area (Å²) in [5, 5.41) is 14.5. The van der Waals surface area contributed by atoms with Crippen molar-refractivity contribution in [1.29, 1.82) is 0 Å². The van der Waals surface area contributed by atoms with Crippen molar-refractivity contribution in [2.75, 3.05) is 29.9 Å². The van der Waals surface area contributed by atoms with Crippen LogP contribution in [0.4, 0.5) is 25.0 Å². The molecule has 0 spiro atoms.